The van der Waals surface area contributed by atoms with Crippen LogP contribution in [0.15, 0.2) is 12.1 Å². The molecule has 0 spiro atoms. The van der Waals surface area contributed by atoms with E-state index >= 15 is 0 Å². The van der Waals surface area contributed by atoms with Crippen molar-refractivity contribution in [3.63, 3.8) is 0 Å². The van der Waals surface area contributed by atoms with Gasteiger partial charge in [0.2, 0.25) is 0 Å². The zero-order valence-electron chi connectivity index (χ0n) is 12.0. The summed E-state index contributed by atoms with van der Waals surface area (Å²) in [5.74, 6) is 0.593. The van der Waals surface area contributed by atoms with Crippen LogP contribution in [0.3, 0.4) is 0 Å². The lowest BCUT2D eigenvalue weighted by atomic mass is 9.90. The summed E-state index contributed by atoms with van der Waals surface area (Å²) in [7, 11) is 0. The van der Waals surface area contributed by atoms with Crippen LogP contribution >= 0.6 is 12.2 Å². The van der Waals surface area contributed by atoms with Gasteiger partial charge in [0.25, 0.3) is 0 Å². The van der Waals surface area contributed by atoms with Crippen LogP contribution in [-0.4, -0.2) is 16.4 Å². The summed E-state index contributed by atoms with van der Waals surface area (Å²) < 4.78 is 6.08. The summed E-state index contributed by atoms with van der Waals surface area (Å²) >= 11 is 5.47. The van der Waals surface area contributed by atoms with Gasteiger partial charge >= 0.3 is 0 Å². The summed E-state index contributed by atoms with van der Waals surface area (Å²) in [6.07, 6.45) is 0.721. The van der Waals surface area contributed by atoms with Crippen LogP contribution in [0.25, 0.3) is 0 Å². The number of fused-ring (bicyclic) bond motifs is 3. The third-order valence-corrected chi connectivity index (χ3v) is 4.09. The standard InChI is InChI=1S/C15H14N4OS/c1-14(2)8-15(3)19(13(21)18-14)11-4-9(6-16)10(7-17)5-12(11)20-15/h4-5H,8H2,1-3H3,(H,18,21)/t15-/m0/s1. The first-order valence-corrected chi connectivity index (χ1v) is 7.00. The largest absolute Gasteiger partial charge is 0.466 e. The minimum Gasteiger partial charge on any atom is -0.466 e. The topological polar surface area (TPSA) is 72.1 Å². The molecular formula is C15H14N4OS. The maximum atomic E-state index is 9.18. The molecule has 0 aliphatic carbocycles. The summed E-state index contributed by atoms with van der Waals surface area (Å²) in [5, 5.41) is 22.2. The van der Waals surface area contributed by atoms with E-state index in [9.17, 15) is 5.26 Å². The number of hydrogen-bond acceptors (Lipinski definition) is 4. The minimum atomic E-state index is -0.602. The van der Waals surface area contributed by atoms with E-state index in [2.05, 4.69) is 19.2 Å². The highest BCUT2D eigenvalue weighted by atomic mass is 32.1. The molecule has 0 unspecified atom stereocenters. The lowest BCUT2D eigenvalue weighted by Gasteiger charge is -2.47. The number of rotatable bonds is 0. The van der Waals surface area contributed by atoms with Crippen LogP contribution in [0.5, 0.6) is 5.75 Å². The van der Waals surface area contributed by atoms with Crippen LogP contribution in [0.2, 0.25) is 0 Å². The molecule has 1 N–H and O–H groups in total. The average molecular weight is 298 g/mol. The third kappa shape index (κ3) is 1.91. The predicted octanol–water partition coefficient (Wildman–Crippen LogP) is 2.40. The fourth-order valence-corrected chi connectivity index (χ4v) is 3.76. The molecule has 106 valence electrons. The van der Waals surface area contributed by atoms with Crippen molar-refractivity contribution >= 4 is 23.0 Å². The average Bonchev–Trinajstić information content (AvgIpc) is 2.65. The molecule has 2 aliphatic heterocycles. The van der Waals surface area contributed by atoms with Crippen molar-refractivity contribution < 1.29 is 4.74 Å². The number of nitriles is 2. The van der Waals surface area contributed by atoms with Gasteiger partial charge in [0.1, 0.15) is 17.9 Å². The van der Waals surface area contributed by atoms with Crippen LogP contribution in [0.1, 0.15) is 38.3 Å². The molecule has 1 fully saturated rings. The number of hydrogen-bond donors (Lipinski definition) is 1. The summed E-state index contributed by atoms with van der Waals surface area (Å²) in [6, 6.07) is 7.37. The van der Waals surface area contributed by atoms with Gasteiger partial charge in [-0.1, -0.05) is 0 Å². The zero-order chi connectivity index (χ0) is 15.4. The molecule has 0 amide bonds. The normalized spacial score (nSPS) is 25.0. The maximum Gasteiger partial charge on any atom is 0.188 e. The molecule has 1 aromatic rings. The molecule has 0 saturated carbocycles. The van der Waals surface area contributed by atoms with Crippen LogP contribution in [0, 0.1) is 22.7 Å². The second kappa shape index (κ2) is 4.09. The van der Waals surface area contributed by atoms with Gasteiger partial charge in [-0.15, -0.1) is 0 Å². The maximum absolute atomic E-state index is 9.18. The molecule has 2 heterocycles. The first-order chi connectivity index (χ1) is 9.79. The Kier molecular flexibility index (Phi) is 2.66. The Balaban J connectivity index is 2.16. The Morgan fingerprint density at radius 2 is 1.86 bits per heavy atom. The first kappa shape index (κ1) is 13.7. The number of benzene rings is 1. The van der Waals surface area contributed by atoms with Gasteiger partial charge in [-0.3, -0.25) is 4.90 Å². The number of nitrogens with one attached hydrogen (secondary N) is 1. The Hall–Kier alpha value is -2.31. The van der Waals surface area contributed by atoms with E-state index in [4.69, 9.17) is 22.2 Å². The van der Waals surface area contributed by atoms with E-state index in [-0.39, 0.29) is 5.54 Å². The van der Waals surface area contributed by atoms with Crippen molar-refractivity contribution in [2.75, 3.05) is 4.90 Å². The SMILES string of the molecule is CC1(C)C[C@]2(C)Oc3cc(C#N)c(C#N)cc3N2C(=S)N1. The van der Waals surface area contributed by atoms with E-state index in [0.717, 1.165) is 12.1 Å². The molecule has 0 bridgehead atoms. The van der Waals surface area contributed by atoms with Crippen molar-refractivity contribution in [3.8, 4) is 17.9 Å². The fourth-order valence-electron chi connectivity index (χ4n) is 3.20. The highest BCUT2D eigenvalue weighted by Crippen LogP contribution is 2.48. The van der Waals surface area contributed by atoms with E-state index in [1.807, 2.05) is 24.0 Å². The summed E-state index contributed by atoms with van der Waals surface area (Å²) in [4.78, 5) is 1.89. The lowest BCUT2D eigenvalue weighted by molar-refractivity contribution is 0.0725. The van der Waals surface area contributed by atoms with Crippen LogP contribution in [0.4, 0.5) is 5.69 Å². The van der Waals surface area contributed by atoms with E-state index in [1.165, 1.54) is 0 Å². The third-order valence-electron chi connectivity index (χ3n) is 3.80. The predicted molar refractivity (Wildman–Crippen MR) is 81.8 cm³/mol. The molecule has 3 rings (SSSR count). The number of nitrogens with zero attached hydrogens (tertiary/aromatic N) is 3. The molecule has 5 nitrogen and oxygen atoms in total. The second-order valence-electron chi connectivity index (χ2n) is 6.19. The second-order valence-corrected chi connectivity index (χ2v) is 6.58. The van der Waals surface area contributed by atoms with Gasteiger partial charge in [0, 0.05) is 18.0 Å². The van der Waals surface area contributed by atoms with Gasteiger partial charge in [-0.25, -0.2) is 0 Å². The smallest absolute Gasteiger partial charge is 0.188 e. The molecule has 1 atom stereocenters. The van der Waals surface area contributed by atoms with Crippen molar-refractivity contribution in [1.29, 1.82) is 10.5 Å². The van der Waals surface area contributed by atoms with Gasteiger partial charge in [-0.05, 0) is 39.1 Å². The first-order valence-electron chi connectivity index (χ1n) is 6.59. The number of anilines is 1. The Morgan fingerprint density at radius 3 is 2.48 bits per heavy atom. The van der Waals surface area contributed by atoms with E-state index < -0.39 is 5.72 Å². The number of ether oxygens (including phenoxy) is 1. The van der Waals surface area contributed by atoms with Crippen LogP contribution < -0.4 is 15.0 Å². The van der Waals surface area contributed by atoms with Gasteiger partial charge in [0.05, 0.1) is 16.8 Å². The molecule has 1 saturated heterocycles. The highest BCUT2D eigenvalue weighted by Gasteiger charge is 2.51. The van der Waals surface area contributed by atoms with Crippen molar-refractivity contribution in [1.82, 2.24) is 5.32 Å². The molecule has 2 aliphatic rings. The van der Waals surface area contributed by atoms with Crippen LogP contribution in [-0.2, 0) is 0 Å². The lowest BCUT2D eigenvalue weighted by Crippen LogP contribution is -2.66. The molecule has 21 heavy (non-hydrogen) atoms. The highest BCUT2D eigenvalue weighted by molar-refractivity contribution is 7.80. The van der Waals surface area contributed by atoms with Gasteiger partial charge in [-0.2, -0.15) is 10.5 Å². The number of thiocarbonyl (C=S) groups is 1. The van der Waals surface area contributed by atoms with E-state index in [0.29, 0.717) is 22.0 Å². The minimum absolute atomic E-state index is 0.180. The summed E-state index contributed by atoms with van der Waals surface area (Å²) in [6.45, 7) is 6.10. The Labute approximate surface area is 128 Å². The van der Waals surface area contributed by atoms with Gasteiger partial charge < -0.3 is 10.1 Å². The quantitative estimate of drug-likeness (QED) is 0.742. The van der Waals surface area contributed by atoms with E-state index in [1.54, 1.807) is 12.1 Å². The molecular weight excluding hydrogens is 284 g/mol. The molecule has 1 aromatic carbocycles. The molecule has 0 aromatic heterocycles. The van der Waals surface area contributed by atoms with Gasteiger partial charge in [0.15, 0.2) is 10.8 Å². The molecule has 6 heteroatoms. The van der Waals surface area contributed by atoms with Crippen molar-refractivity contribution in [2.24, 2.45) is 0 Å². The monoisotopic (exact) mass is 298 g/mol. The Morgan fingerprint density at radius 1 is 1.24 bits per heavy atom. The summed E-state index contributed by atoms with van der Waals surface area (Å²) in [5.41, 5.74) is 0.603. The van der Waals surface area contributed by atoms with Crippen molar-refractivity contribution in [2.45, 2.75) is 38.5 Å². The zero-order valence-corrected chi connectivity index (χ0v) is 12.8. The fraction of sp³-hybridized carbons (Fsp3) is 0.400. The van der Waals surface area contributed by atoms with Crippen molar-refractivity contribution in [3.05, 3.63) is 23.3 Å². The molecule has 0 radical (unpaired) electrons. The Bertz CT molecular complexity index is 743.